The quantitative estimate of drug-likeness (QED) is 0.847. The molecule has 0 saturated carbocycles. The zero-order chi connectivity index (χ0) is 12.8. The fraction of sp³-hybridized carbons (Fsp3) is 0.571. The molecule has 1 aliphatic heterocycles. The van der Waals surface area contributed by atoms with Crippen LogP contribution in [0, 0.1) is 5.92 Å². The van der Waals surface area contributed by atoms with E-state index in [1.807, 2.05) is 30.1 Å². The third kappa shape index (κ3) is 3.53. The van der Waals surface area contributed by atoms with Crippen LogP contribution in [0.25, 0.3) is 0 Å². The van der Waals surface area contributed by atoms with Crippen molar-refractivity contribution in [2.75, 3.05) is 26.7 Å². The minimum Gasteiger partial charge on any atom is -0.342 e. The summed E-state index contributed by atoms with van der Waals surface area (Å²) < 4.78 is 0. The number of carbonyl (C=O) groups is 1. The highest BCUT2D eigenvalue weighted by atomic mass is 16.2. The Balaban J connectivity index is 1.76. The lowest BCUT2D eigenvalue weighted by molar-refractivity contribution is -0.130. The van der Waals surface area contributed by atoms with E-state index in [0.29, 0.717) is 12.3 Å². The minimum absolute atomic E-state index is 0.263. The van der Waals surface area contributed by atoms with Crippen LogP contribution in [0.1, 0.15) is 18.5 Å². The summed E-state index contributed by atoms with van der Waals surface area (Å²) in [5.41, 5.74) is 0.997. The fourth-order valence-corrected chi connectivity index (χ4v) is 2.45. The van der Waals surface area contributed by atoms with Crippen molar-refractivity contribution in [2.24, 2.45) is 5.92 Å². The SMILES string of the molecule is CNCC1CCN(C(=O)CCc2ccccn2)C1. The molecule has 0 radical (unpaired) electrons. The predicted molar refractivity (Wildman–Crippen MR) is 71.2 cm³/mol. The van der Waals surface area contributed by atoms with E-state index in [2.05, 4.69) is 10.3 Å². The van der Waals surface area contributed by atoms with Gasteiger partial charge in [-0.15, -0.1) is 0 Å². The molecule has 1 aromatic rings. The van der Waals surface area contributed by atoms with E-state index in [-0.39, 0.29) is 5.91 Å². The van der Waals surface area contributed by atoms with Crippen LogP contribution in [0.2, 0.25) is 0 Å². The van der Waals surface area contributed by atoms with Crippen LogP contribution in [0.15, 0.2) is 24.4 Å². The van der Waals surface area contributed by atoms with Crippen LogP contribution in [0.3, 0.4) is 0 Å². The van der Waals surface area contributed by atoms with Crippen LogP contribution in [0.4, 0.5) is 0 Å². The monoisotopic (exact) mass is 247 g/mol. The lowest BCUT2D eigenvalue weighted by Gasteiger charge is -2.16. The smallest absolute Gasteiger partial charge is 0.222 e. The highest BCUT2D eigenvalue weighted by molar-refractivity contribution is 5.76. The molecule has 0 bridgehead atoms. The third-order valence-electron chi connectivity index (χ3n) is 3.45. The maximum Gasteiger partial charge on any atom is 0.222 e. The molecule has 1 amide bonds. The standard InChI is InChI=1S/C14H21N3O/c1-15-10-12-7-9-17(11-12)14(18)6-5-13-4-2-3-8-16-13/h2-4,8,12,15H,5-7,9-11H2,1H3. The molecule has 1 fully saturated rings. The number of carbonyl (C=O) groups excluding carboxylic acids is 1. The number of amides is 1. The molecule has 4 heteroatoms. The predicted octanol–water partition coefficient (Wildman–Crippen LogP) is 1.08. The van der Waals surface area contributed by atoms with Crippen molar-refractivity contribution in [1.29, 1.82) is 0 Å². The molecular formula is C14H21N3O. The van der Waals surface area contributed by atoms with Gasteiger partial charge in [0.05, 0.1) is 0 Å². The molecule has 1 aromatic heterocycles. The highest BCUT2D eigenvalue weighted by Gasteiger charge is 2.25. The molecule has 18 heavy (non-hydrogen) atoms. The van der Waals surface area contributed by atoms with Crippen LogP contribution in [-0.2, 0) is 11.2 Å². The first-order valence-electron chi connectivity index (χ1n) is 6.62. The molecule has 2 heterocycles. The molecule has 1 unspecified atom stereocenters. The third-order valence-corrected chi connectivity index (χ3v) is 3.45. The van der Waals surface area contributed by atoms with Gasteiger partial charge in [-0.2, -0.15) is 0 Å². The van der Waals surface area contributed by atoms with E-state index >= 15 is 0 Å². The van der Waals surface area contributed by atoms with Gasteiger partial charge < -0.3 is 10.2 Å². The number of nitrogens with one attached hydrogen (secondary N) is 1. The number of pyridine rings is 1. The Morgan fingerprint density at radius 2 is 2.44 bits per heavy atom. The van der Waals surface area contributed by atoms with Gasteiger partial charge in [0, 0.05) is 31.4 Å². The van der Waals surface area contributed by atoms with Crippen molar-refractivity contribution in [3.8, 4) is 0 Å². The minimum atomic E-state index is 0.263. The first kappa shape index (κ1) is 13.0. The van der Waals surface area contributed by atoms with Gasteiger partial charge in [-0.25, -0.2) is 0 Å². The fourth-order valence-electron chi connectivity index (χ4n) is 2.45. The molecule has 1 atom stereocenters. The molecule has 1 N–H and O–H groups in total. The van der Waals surface area contributed by atoms with Crippen LogP contribution in [0.5, 0.6) is 0 Å². The lowest BCUT2D eigenvalue weighted by atomic mass is 10.1. The Kier molecular flexibility index (Phi) is 4.70. The number of hydrogen-bond acceptors (Lipinski definition) is 3. The van der Waals surface area contributed by atoms with Crippen LogP contribution in [-0.4, -0.2) is 42.5 Å². The zero-order valence-corrected chi connectivity index (χ0v) is 10.9. The van der Waals surface area contributed by atoms with Gasteiger partial charge in [-0.1, -0.05) is 6.07 Å². The second kappa shape index (κ2) is 6.50. The van der Waals surface area contributed by atoms with Gasteiger partial charge >= 0.3 is 0 Å². The van der Waals surface area contributed by atoms with E-state index in [4.69, 9.17) is 0 Å². The first-order chi connectivity index (χ1) is 8.79. The summed E-state index contributed by atoms with van der Waals surface area (Å²) in [6.07, 6.45) is 4.21. The summed E-state index contributed by atoms with van der Waals surface area (Å²) in [5, 5.41) is 3.18. The van der Waals surface area contributed by atoms with Gasteiger partial charge in [-0.05, 0) is 44.5 Å². The van der Waals surface area contributed by atoms with Gasteiger partial charge in [0.2, 0.25) is 5.91 Å². The van der Waals surface area contributed by atoms with E-state index in [9.17, 15) is 4.79 Å². The summed E-state index contributed by atoms with van der Waals surface area (Å²) in [6.45, 7) is 2.82. The molecule has 98 valence electrons. The molecule has 1 aliphatic rings. The Hall–Kier alpha value is -1.42. The summed E-state index contributed by atoms with van der Waals surface area (Å²) in [7, 11) is 1.96. The Morgan fingerprint density at radius 3 is 3.17 bits per heavy atom. The van der Waals surface area contributed by atoms with E-state index in [1.54, 1.807) is 6.20 Å². The number of nitrogens with zero attached hydrogens (tertiary/aromatic N) is 2. The normalized spacial score (nSPS) is 19.2. The first-order valence-corrected chi connectivity index (χ1v) is 6.62. The van der Waals surface area contributed by atoms with Gasteiger partial charge in [-0.3, -0.25) is 9.78 Å². The summed E-state index contributed by atoms with van der Waals surface area (Å²) >= 11 is 0. The number of hydrogen-bond donors (Lipinski definition) is 1. The van der Waals surface area contributed by atoms with Gasteiger partial charge in [0.15, 0.2) is 0 Å². The highest BCUT2D eigenvalue weighted by Crippen LogP contribution is 2.16. The summed E-state index contributed by atoms with van der Waals surface area (Å²) in [4.78, 5) is 18.3. The molecule has 1 saturated heterocycles. The number of likely N-dealkylation sites (tertiary alicyclic amines) is 1. The number of aromatic nitrogens is 1. The van der Waals surface area contributed by atoms with Crippen molar-refractivity contribution >= 4 is 5.91 Å². The largest absolute Gasteiger partial charge is 0.342 e. The average molecular weight is 247 g/mol. The number of rotatable bonds is 5. The summed E-state index contributed by atoms with van der Waals surface area (Å²) in [5.74, 6) is 0.882. The molecule has 0 aromatic carbocycles. The molecule has 0 aliphatic carbocycles. The molecular weight excluding hydrogens is 226 g/mol. The molecule has 0 spiro atoms. The Morgan fingerprint density at radius 1 is 1.56 bits per heavy atom. The van der Waals surface area contributed by atoms with E-state index in [1.165, 1.54) is 0 Å². The zero-order valence-electron chi connectivity index (χ0n) is 10.9. The van der Waals surface area contributed by atoms with Gasteiger partial charge in [0.25, 0.3) is 0 Å². The Labute approximate surface area is 108 Å². The van der Waals surface area contributed by atoms with Crippen molar-refractivity contribution in [2.45, 2.75) is 19.3 Å². The second-order valence-corrected chi connectivity index (χ2v) is 4.87. The van der Waals surface area contributed by atoms with Gasteiger partial charge in [0.1, 0.15) is 0 Å². The molecule has 4 nitrogen and oxygen atoms in total. The summed E-state index contributed by atoms with van der Waals surface area (Å²) in [6, 6.07) is 5.83. The molecule has 2 rings (SSSR count). The second-order valence-electron chi connectivity index (χ2n) is 4.87. The van der Waals surface area contributed by atoms with Crippen molar-refractivity contribution in [3.05, 3.63) is 30.1 Å². The topological polar surface area (TPSA) is 45.2 Å². The van der Waals surface area contributed by atoms with Crippen molar-refractivity contribution in [1.82, 2.24) is 15.2 Å². The average Bonchev–Trinajstić information content (AvgIpc) is 2.86. The lowest BCUT2D eigenvalue weighted by Crippen LogP contribution is -2.30. The number of aryl methyl sites for hydroxylation is 1. The van der Waals surface area contributed by atoms with E-state index < -0.39 is 0 Å². The maximum absolute atomic E-state index is 12.0. The van der Waals surface area contributed by atoms with Crippen LogP contribution < -0.4 is 5.32 Å². The Bertz CT molecular complexity index is 380. The van der Waals surface area contributed by atoms with E-state index in [0.717, 1.165) is 38.2 Å². The maximum atomic E-state index is 12.0. The van der Waals surface area contributed by atoms with Crippen LogP contribution >= 0.6 is 0 Å². The van der Waals surface area contributed by atoms with Crippen molar-refractivity contribution in [3.63, 3.8) is 0 Å². The van der Waals surface area contributed by atoms with Crippen molar-refractivity contribution < 1.29 is 4.79 Å².